The summed E-state index contributed by atoms with van der Waals surface area (Å²) in [5.74, 6) is -0.991. The molecule has 0 aliphatic heterocycles. The lowest BCUT2D eigenvalue weighted by Crippen LogP contribution is -2.28. The highest BCUT2D eigenvalue weighted by Crippen LogP contribution is 2.14. The molecule has 0 aliphatic carbocycles. The fourth-order valence-corrected chi connectivity index (χ4v) is 3.48. The van der Waals surface area contributed by atoms with Crippen molar-refractivity contribution in [2.45, 2.75) is 24.8 Å². The van der Waals surface area contributed by atoms with E-state index in [4.69, 9.17) is 0 Å². The first-order chi connectivity index (χ1) is 11.3. The van der Waals surface area contributed by atoms with E-state index < -0.39 is 9.84 Å². The Morgan fingerprint density at radius 2 is 1.71 bits per heavy atom. The molecule has 0 fully saturated rings. The molecule has 1 amide bonds. The molecule has 2 aromatic carbocycles. The molecule has 0 aliphatic rings. The Balaban J connectivity index is 1.97. The molecule has 0 heterocycles. The second-order valence-corrected chi connectivity index (χ2v) is 7.83. The van der Waals surface area contributed by atoms with Crippen LogP contribution in [0, 0.1) is 12.7 Å². The van der Waals surface area contributed by atoms with Gasteiger partial charge < -0.3 is 4.90 Å². The topological polar surface area (TPSA) is 54.5 Å². The molecule has 0 radical (unpaired) electrons. The molecule has 128 valence electrons. The second kappa shape index (κ2) is 7.57. The number of benzene rings is 2. The van der Waals surface area contributed by atoms with Crippen molar-refractivity contribution in [2.24, 2.45) is 0 Å². The molecular formula is C18H20FNO3S. The van der Waals surface area contributed by atoms with E-state index in [9.17, 15) is 17.6 Å². The minimum atomic E-state index is -3.51. The van der Waals surface area contributed by atoms with Gasteiger partial charge in [-0.2, -0.15) is 0 Å². The summed E-state index contributed by atoms with van der Waals surface area (Å²) in [5, 5.41) is 0. The lowest BCUT2D eigenvalue weighted by Gasteiger charge is -2.17. The van der Waals surface area contributed by atoms with E-state index in [0.717, 1.165) is 5.56 Å². The van der Waals surface area contributed by atoms with Crippen LogP contribution in [0.25, 0.3) is 0 Å². The van der Waals surface area contributed by atoms with Crippen LogP contribution >= 0.6 is 0 Å². The van der Waals surface area contributed by atoms with Gasteiger partial charge in [-0.15, -0.1) is 0 Å². The highest BCUT2D eigenvalue weighted by Gasteiger charge is 2.18. The predicted molar refractivity (Wildman–Crippen MR) is 90.7 cm³/mol. The Morgan fingerprint density at radius 1 is 1.08 bits per heavy atom. The van der Waals surface area contributed by atoms with Gasteiger partial charge in [0.1, 0.15) is 5.82 Å². The van der Waals surface area contributed by atoms with Gasteiger partial charge in [0.2, 0.25) is 5.91 Å². The van der Waals surface area contributed by atoms with Gasteiger partial charge in [-0.25, -0.2) is 12.8 Å². The monoisotopic (exact) mass is 349 g/mol. The quantitative estimate of drug-likeness (QED) is 0.806. The third kappa shape index (κ3) is 4.64. The Morgan fingerprint density at radius 3 is 2.33 bits per heavy atom. The van der Waals surface area contributed by atoms with Crippen LogP contribution in [0.3, 0.4) is 0 Å². The number of hydrogen-bond acceptors (Lipinski definition) is 3. The molecule has 0 N–H and O–H groups in total. The summed E-state index contributed by atoms with van der Waals surface area (Å²) in [4.78, 5) is 13.7. The first-order valence-electron chi connectivity index (χ1n) is 7.56. The second-order valence-electron chi connectivity index (χ2n) is 5.72. The van der Waals surface area contributed by atoms with Gasteiger partial charge in [-0.05, 0) is 25.1 Å². The van der Waals surface area contributed by atoms with Gasteiger partial charge in [0, 0.05) is 25.6 Å². The van der Waals surface area contributed by atoms with Crippen LogP contribution in [0.5, 0.6) is 0 Å². The number of rotatable bonds is 6. The first kappa shape index (κ1) is 18.1. The number of halogens is 1. The van der Waals surface area contributed by atoms with Crippen LogP contribution in [-0.4, -0.2) is 32.0 Å². The lowest BCUT2D eigenvalue weighted by molar-refractivity contribution is -0.130. The van der Waals surface area contributed by atoms with E-state index in [0.29, 0.717) is 5.56 Å². The molecule has 4 nitrogen and oxygen atoms in total. The number of carbonyl (C=O) groups excluding carboxylic acids is 1. The smallest absolute Gasteiger partial charge is 0.223 e. The number of nitrogens with zero attached hydrogens (tertiary/aromatic N) is 1. The molecule has 2 rings (SSSR count). The van der Waals surface area contributed by atoms with Crippen LogP contribution in [-0.2, 0) is 21.2 Å². The van der Waals surface area contributed by atoms with Crippen LogP contribution in [0.2, 0.25) is 0 Å². The zero-order chi connectivity index (χ0) is 17.7. The fourth-order valence-electron chi connectivity index (χ4n) is 2.25. The molecule has 0 spiro atoms. The molecule has 0 unspecified atom stereocenters. The van der Waals surface area contributed by atoms with Crippen LogP contribution in [0.4, 0.5) is 4.39 Å². The van der Waals surface area contributed by atoms with E-state index >= 15 is 0 Å². The average Bonchev–Trinajstić information content (AvgIpc) is 2.55. The van der Waals surface area contributed by atoms with Crippen LogP contribution < -0.4 is 0 Å². The van der Waals surface area contributed by atoms with Crippen molar-refractivity contribution >= 4 is 15.7 Å². The highest BCUT2D eigenvalue weighted by molar-refractivity contribution is 7.91. The largest absolute Gasteiger partial charge is 0.341 e. The third-order valence-electron chi connectivity index (χ3n) is 3.76. The Bertz CT molecular complexity index is 816. The lowest BCUT2D eigenvalue weighted by atomic mass is 10.2. The Labute approximate surface area is 141 Å². The van der Waals surface area contributed by atoms with E-state index in [-0.39, 0.29) is 35.3 Å². The summed E-state index contributed by atoms with van der Waals surface area (Å²) in [6, 6.07) is 12.7. The summed E-state index contributed by atoms with van der Waals surface area (Å²) < 4.78 is 38.1. The van der Waals surface area contributed by atoms with Gasteiger partial charge in [0.15, 0.2) is 9.84 Å². The molecule has 0 saturated carbocycles. The third-order valence-corrected chi connectivity index (χ3v) is 5.49. The zero-order valence-corrected chi connectivity index (χ0v) is 14.5. The molecule has 0 aromatic heterocycles. The fraction of sp³-hybridized carbons (Fsp3) is 0.278. The van der Waals surface area contributed by atoms with Gasteiger partial charge in [-0.1, -0.05) is 35.9 Å². The van der Waals surface area contributed by atoms with Crippen molar-refractivity contribution in [3.63, 3.8) is 0 Å². The maximum atomic E-state index is 13.6. The number of carbonyl (C=O) groups is 1. The maximum Gasteiger partial charge on any atom is 0.223 e. The average molecular weight is 349 g/mol. The van der Waals surface area contributed by atoms with Crippen molar-refractivity contribution in [2.75, 3.05) is 12.8 Å². The summed E-state index contributed by atoms with van der Waals surface area (Å²) in [7, 11) is -1.97. The SMILES string of the molecule is Cc1ccc(S(=O)(=O)CCC(=O)N(C)Cc2ccccc2F)cc1. The maximum absolute atomic E-state index is 13.6. The molecule has 0 bridgehead atoms. The summed E-state index contributed by atoms with van der Waals surface area (Å²) in [6.07, 6.45) is -0.138. The van der Waals surface area contributed by atoms with Gasteiger partial charge in [0.05, 0.1) is 10.6 Å². The minimum absolute atomic E-state index is 0.107. The van der Waals surface area contributed by atoms with Crippen molar-refractivity contribution in [1.29, 1.82) is 0 Å². The number of sulfone groups is 1. The molecule has 24 heavy (non-hydrogen) atoms. The summed E-state index contributed by atoms with van der Waals surface area (Å²) >= 11 is 0. The Hall–Kier alpha value is -2.21. The van der Waals surface area contributed by atoms with Gasteiger partial charge >= 0.3 is 0 Å². The van der Waals surface area contributed by atoms with Crippen LogP contribution in [0.15, 0.2) is 53.4 Å². The summed E-state index contributed by atoms with van der Waals surface area (Å²) in [5.41, 5.74) is 1.37. The van der Waals surface area contributed by atoms with Gasteiger partial charge in [-0.3, -0.25) is 4.79 Å². The molecule has 0 saturated heterocycles. The van der Waals surface area contributed by atoms with E-state index in [1.807, 2.05) is 6.92 Å². The Kier molecular flexibility index (Phi) is 5.72. The number of amides is 1. The van der Waals surface area contributed by atoms with E-state index in [2.05, 4.69) is 0 Å². The molecule has 6 heteroatoms. The first-order valence-corrected chi connectivity index (χ1v) is 9.21. The normalized spacial score (nSPS) is 11.3. The number of hydrogen-bond donors (Lipinski definition) is 0. The highest BCUT2D eigenvalue weighted by atomic mass is 32.2. The van der Waals surface area contributed by atoms with E-state index in [1.165, 1.54) is 30.1 Å². The summed E-state index contributed by atoms with van der Waals surface area (Å²) in [6.45, 7) is 1.98. The van der Waals surface area contributed by atoms with Crippen molar-refractivity contribution < 1.29 is 17.6 Å². The minimum Gasteiger partial charge on any atom is -0.341 e. The standard InChI is InChI=1S/C18H20FNO3S/c1-14-7-9-16(10-8-14)24(22,23)12-11-18(21)20(2)13-15-5-3-4-6-17(15)19/h3-10H,11-13H2,1-2H3. The molecular weight excluding hydrogens is 329 g/mol. The zero-order valence-electron chi connectivity index (χ0n) is 13.7. The van der Waals surface area contributed by atoms with Crippen LogP contribution in [0.1, 0.15) is 17.5 Å². The predicted octanol–water partition coefficient (Wildman–Crippen LogP) is 2.96. The van der Waals surface area contributed by atoms with Gasteiger partial charge in [0.25, 0.3) is 0 Å². The van der Waals surface area contributed by atoms with E-state index in [1.54, 1.807) is 30.3 Å². The molecule has 2 aromatic rings. The van der Waals surface area contributed by atoms with Crippen molar-refractivity contribution in [1.82, 2.24) is 4.90 Å². The van der Waals surface area contributed by atoms with Crippen molar-refractivity contribution in [3.8, 4) is 0 Å². The van der Waals surface area contributed by atoms with Crippen molar-refractivity contribution in [3.05, 3.63) is 65.5 Å². The molecule has 0 atom stereocenters. The number of aryl methyl sites for hydroxylation is 1.